The van der Waals surface area contributed by atoms with Crippen molar-refractivity contribution in [1.29, 1.82) is 0 Å². The molecule has 0 N–H and O–H groups in total. The van der Waals surface area contributed by atoms with E-state index in [1.165, 1.54) is 21.6 Å². The molecule has 128 valence electrons. The Morgan fingerprint density at radius 3 is 3.04 bits per heavy atom. The molecule has 1 aromatic carbocycles. The smallest absolute Gasteiger partial charge is 0.237 e. The molecule has 2 heterocycles. The fourth-order valence-electron chi connectivity index (χ4n) is 4.04. The maximum absolute atomic E-state index is 12.9. The molecule has 0 bridgehead atoms. The average molecular weight is 350 g/mol. The van der Waals surface area contributed by atoms with E-state index in [2.05, 4.69) is 46.5 Å². The van der Waals surface area contributed by atoms with Crippen LogP contribution < -0.4 is 0 Å². The molecule has 0 saturated carbocycles. The summed E-state index contributed by atoms with van der Waals surface area (Å²) < 4.78 is 0. The van der Waals surface area contributed by atoms with Gasteiger partial charge in [-0.2, -0.15) is 0 Å². The van der Waals surface area contributed by atoms with Gasteiger partial charge in [0.15, 0.2) is 0 Å². The van der Waals surface area contributed by atoms with Crippen molar-refractivity contribution >= 4 is 17.2 Å². The number of hydrogen-bond donors (Lipinski definition) is 0. The summed E-state index contributed by atoms with van der Waals surface area (Å²) in [7, 11) is 0. The van der Waals surface area contributed by atoms with Crippen molar-refractivity contribution in [3.05, 3.63) is 57.3 Å². The zero-order valence-corrected chi connectivity index (χ0v) is 15.1. The Morgan fingerprint density at radius 1 is 1.28 bits per heavy atom. The van der Waals surface area contributed by atoms with E-state index in [-0.39, 0.29) is 11.9 Å². The highest BCUT2D eigenvalue weighted by Gasteiger charge is 2.30. The van der Waals surface area contributed by atoms with Gasteiger partial charge in [0.2, 0.25) is 5.91 Å². The summed E-state index contributed by atoms with van der Waals surface area (Å²) in [5, 5.41) is 2.12. The van der Waals surface area contributed by atoms with Crippen LogP contribution in [0.4, 0.5) is 0 Å². The lowest BCUT2D eigenvalue weighted by atomic mass is 10.1. The molecule has 1 aliphatic carbocycles. The van der Waals surface area contributed by atoms with Gasteiger partial charge in [0.1, 0.15) is 0 Å². The monoisotopic (exact) mass is 350 g/mol. The maximum Gasteiger partial charge on any atom is 0.237 e. The molecule has 1 atom stereocenters. The molecule has 0 saturated heterocycles. The Balaban J connectivity index is 1.48. The number of thiophene rings is 1. The molecule has 1 amide bonds. The predicted molar refractivity (Wildman–Crippen MR) is 101 cm³/mol. The van der Waals surface area contributed by atoms with Crippen molar-refractivity contribution in [1.82, 2.24) is 9.80 Å². The summed E-state index contributed by atoms with van der Waals surface area (Å²) in [5.41, 5.74) is 4.03. The molecule has 2 aliphatic rings. The summed E-state index contributed by atoms with van der Waals surface area (Å²) >= 11 is 1.80. The first-order valence-corrected chi connectivity index (χ1v) is 9.72. The molecule has 2 aromatic rings. The van der Waals surface area contributed by atoms with Crippen molar-refractivity contribution in [2.24, 2.45) is 0 Å². The van der Waals surface area contributed by atoms with Crippen LogP contribution in [0, 0.1) is 12.3 Å². The van der Waals surface area contributed by atoms with Crippen LogP contribution in [-0.2, 0) is 24.2 Å². The van der Waals surface area contributed by atoms with Crippen molar-refractivity contribution in [3.63, 3.8) is 0 Å². The van der Waals surface area contributed by atoms with Gasteiger partial charge in [0.25, 0.3) is 0 Å². The van der Waals surface area contributed by atoms with E-state index >= 15 is 0 Å². The van der Waals surface area contributed by atoms with Crippen LogP contribution in [0.25, 0.3) is 0 Å². The van der Waals surface area contributed by atoms with E-state index in [0.717, 1.165) is 32.4 Å². The third-order valence-electron chi connectivity index (χ3n) is 5.34. The summed E-state index contributed by atoms with van der Waals surface area (Å²) in [6.45, 7) is 2.48. The Morgan fingerprint density at radius 2 is 2.16 bits per heavy atom. The summed E-state index contributed by atoms with van der Waals surface area (Å²) in [5.74, 6) is 2.94. The second-order valence-corrected chi connectivity index (χ2v) is 7.80. The minimum atomic E-state index is 0.191. The summed E-state index contributed by atoms with van der Waals surface area (Å²) in [4.78, 5) is 18.5. The molecule has 4 heteroatoms. The lowest BCUT2D eigenvalue weighted by Gasteiger charge is -2.32. The number of fused-ring (bicyclic) bond motifs is 2. The van der Waals surface area contributed by atoms with Gasteiger partial charge in [0, 0.05) is 24.0 Å². The van der Waals surface area contributed by atoms with Gasteiger partial charge in [-0.05, 0) is 47.4 Å². The van der Waals surface area contributed by atoms with E-state index in [0.29, 0.717) is 13.1 Å². The van der Waals surface area contributed by atoms with E-state index in [1.807, 2.05) is 4.90 Å². The van der Waals surface area contributed by atoms with Crippen LogP contribution in [-0.4, -0.2) is 35.3 Å². The number of amides is 1. The van der Waals surface area contributed by atoms with Crippen LogP contribution in [0.15, 0.2) is 35.7 Å². The highest BCUT2D eigenvalue weighted by Crippen LogP contribution is 2.35. The number of carbonyl (C=O) groups is 1. The number of nitrogens with zero attached hydrogens (tertiary/aromatic N) is 2. The Bertz CT molecular complexity index is 819. The topological polar surface area (TPSA) is 23.6 Å². The van der Waals surface area contributed by atoms with Crippen molar-refractivity contribution in [3.8, 4) is 12.3 Å². The van der Waals surface area contributed by atoms with Gasteiger partial charge < -0.3 is 4.90 Å². The van der Waals surface area contributed by atoms with Crippen LogP contribution in [0.2, 0.25) is 0 Å². The minimum absolute atomic E-state index is 0.191. The van der Waals surface area contributed by atoms with Gasteiger partial charge in [-0.1, -0.05) is 30.2 Å². The lowest BCUT2D eigenvalue weighted by molar-refractivity contribution is -0.133. The molecule has 1 aliphatic heterocycles. The predicted octanol–water partition coefficient (Wildman–Crippen LogP) is 3.26. The van der Waals surface area contributed by atoms with Gasteiger partial charge in [0.05, 0.1) is 13.1 Å². The number of benzene rings is 1. The molecule has 25 heavy (non-hydrogen) atoms. The fourth-order valence-corrected chi connectivity index (χ4v) is 4.93. The van der Waals surface area contributed by atoms with Gasteiger partial charge in [-0.3, -0.25) is 9.69 Å². The molecular formula is C21H22N2OS. The van der Waals surface area contributed by atoms with Crippen molar-refractivity contribution < 1.29 is 4.79 Å². The van der Waals surface area contributed by atoms with Crippen molar-refractivity contribution in [2.75, 3.05) is 19.6 Å². The SMILES string of the molecule is C#CCN(CC(=O)N1CCc2sccc2C1)[C@@H]1CCc2ccccc21. The lowest BCUT2D eigenvalue weighted by Crippen LogP contribution is -2.43. The molecule has 0 spiro atoms. The Labute approximate surface area is 153 Å². The molecule has 3 nitrogen and oxygen atoms in total. The van der Waals surface area contributed by atoms with Crippen LogP contribution in [0.1, 0.15) is 34.0 Å². The quantitative estimate of drug-likeness (QED) is 0.790. The van der Waals surface area contributed by atoms with Gasteiger partial charge in [-0.25, -0.2) is 0 Å². The Kier molecular flexibility index (Phi) is 4.61. The molecule has 0 fully saturated rings. The first-order chi connectivity index (χ1) is 12.3. The first-order valence-electron chi connectivity index (χ1n) is 8.84. The number of terminal acetylenes is 1. The number of carbonyl (C=O) groups excluding carboxylic acids is 1. The zero-order chi connectivity index (χ0) is 17.2. The Hall–Kier alpha value is -2.09. The normalized spacial score (nSPS) is 18.7. The number of rotatable bonds is 4. The first kappa shape index (κ1) is 16.4. The molecular weight excluding hydrogens is 328 g/mol. The third kappa shape index (κ3) is 3.22. The summed E-state index contributed by atoms with van der Waals surface area (Å²) in [6.07, 6.45) is 8.69. The molecule has 0 unspecified atom stereocenters. The molecule has 0 radical (unpaired) electrons. The number of aryl methyl sites for hydroxylation is 1. The average Bonchev–Trinajstić information content (AvgIpc) is 3.27. The third-order valence-corrected chi connectivity index (χ3v) is 6.36. The number of hydrogen-bond acceptors (Lipinski definition) is 3. The fraction of sp³-hybridized carbons (Fsp3) is 0.381. The van der Waals surface area contributed by atoms with Gasteiger partial charge in [-0.15, -0.1) is 17.8 Å². The standard InChI is InChI=1S/C21H22N2OS/c1-2-11-22(19-8-7-16-5-3-4-6-18(16)19)15-21(24)23-12-9-20-17(14-23)10-13-25-20/h1,3-6,10,13,19H,7-9,11-12,14-15H2/t19-/m1/s1. The van der Waals surface area contributed by atoms with Crippen molar-refractivity contribution in [2.45, 2.75) is 31.8 Å². The molecule has 1 aromatic heterocycles. The van der Waals surface area contributed by atoms with E-state index in [9.17, 15) is 4.79 Å². The minimum Gasteiger partial charge on any atom is -0.337 e. The highest BCUT2D eigenvalue weighted by molar-refractivity contribution is 7.10. The van der Waals surface area contributed by atoms with Gasteiger partial charge >= 0.3 is 0 Å². The zero-order valence-electron chi connectivity index (χ0n) is 14.3. The van der Waals surface area contributed by atoms with Crippen LogP contribution >= 0.6 is 11.3 Å². The summed E-state index contributed by atoms with van der Waals surface area (Å²) in [6, 6.07) is 10.9. The van der Waals surface area contributed by atoms with Crippen LogP contribution in [0.5, 0.6) is 0 Å². The highest BCUT2D eigenvalue weighted by atomic mass is 32.1. The van der Waals surface area contributed by atoms with E-state index in [1.54, 1.807) is 11.3 Å². The van der Waals surface area contributed by atoms with Crippen LogP contribution in [0.3, 0.4) is 0 Å². The maximum atomic E-state index is 12.9. The second kappa shape index (κ2) is 7.03. The largest absolute Gasteiger partial charge is 0.337 e. The second-order valence-electron chi connectivity index (χ2n) is 6.80. The van der Waals surface area contributed by atoms with E-state index in [4.69, 9.17) is 6.42 Å². The van der Waals surface area contributed by atoms with E-state index < -0.39 is 0 Å². The molecule has 4 rings (SSSR count).